The minimum atomic E-state index is -3.59. The Morgan fingerprint density at radius 2 is 1.75 bits per heavy atom. The fraction of sp³-hybridized carbons (Fsp3) is 0.167. The van der Waals surface area contributed by atoms with Gasteiger partial charge in [0, 0.05) is 37.3 Å². The summed E-state index contributed by atoms with van der Waals surface area (Å²) in [5, 5.41) is 4.61. The van der Waals surface area contributed by atoms with Gasteiger partial charge in [-0.25, -0.2) is 13.4 Å². The maximum absolute atomic E-state index is 13.0. The second-order valence-electron chi connectivity index (χ2n) is 7.69. The lowest BCUT2D eigenvalue weighted by molar-refractivity contribution is -0.121. The van der Waals surface area contributed by atoms with Gasteiger partial charge >= 0.3 is 0 Å². The molecule has 8 heteroatoms. The van der Waals surface area contributed by atoms with Crippen LogP contribution in [0.1, 0.15) is 18.4 Å². The van der Waals surface area contributed by atoms with Crippen molar-refractivity contribution >= 4 is 32.4 Å². The molecule has 1 aliphatic heterocycles. The van der Waals surface area contributed by atoms with Crippen LogP contribution >= 0.6 is 0 Å². The molecule has 0 atom stereocenters. The molecule has 1 aromatic heterocycles. The summed E-state index contributed by atoms with van der Waals surface area (Å²) in [7, 11) is -3.59. The first-order valence-corrected chi connectivity index (χ1v) is 11.9. The van der Waals surface area contributed by atoms with Crippen molar-refractivity contribution in [1.82, 2.24) is 14.9 Å². The van der Waals surface area contributed by atoms with E-state index < -0.39 is 10.0 Å². The third-order valence-corrected chi connectivity index (χ3v) is 7.55. The molecule has 162 valence electrons. The van der Waals surface area contributed by atoms with Crippen LogP contribution in [0.3, 0.4) is 0 Å². The summed E-state index contributed by atoms with van der Waals surface area (Å²) in [5.74, 6) is -0.113. The Morgan fingerprint density at radius 1 is 0.969 bits per heavy atom. The molecule has 2 heterocycles. The second kappa shape index (κ2) is 8.12. The smallest absolute Gasteiger partial charge is 0.265 e. The van der Waals surface area contributed by atoms with Crippen molar-refractivity contribution in [1.29, 1.82) is 0 Å². The van der Waals surface area contributed by atoms with Crippen LogP contribution in [0.2, 0.25) is 0 Å². The molecule has 0 unspecified atom stereocenters. The highest BCUT2D eigenvalue weighted by Crippen LogP contribution is 2.41. The number of hydrogen-bond donors (Lipinski definition) is 1. The van der Waals surface area contributed by atoms with Crippen molar-refractivity contribution < 1.29 is 13.2 Å². The molecule has 1 N–H and O–H groups in total. The fourth-order valence-corrected chi connectivity index (χ4v) is 5.93. The van der Waals surface area contributed by atoms with Crippen molar-refractivity contribution in [3.8, 4) is 5.69 Å². The molecule has 4 aromatic rings. The number of imidazole rings is 1. The summed E-state index contributed by atoms with van der Waals surface area (Å²) in [4.78, 5) is 16.9. The van der Waals surface area contributed by atoms with Gasteiger partial charge in [0.05, 0.1) is 22.6 Å². The molecule has 0 aliphatic carbocycles. The summed E-state index contributed by atoms with van der Waals surface area (Å²) >= 11 is 0. The highest BCUT2D eigenvalue weighted by atomic mass is 32.2. The molecule has 3 aromatic carbocycles. The fourth-order valence-electron chi connectivity index (χ4n) is 4.18. The van der Waals surface area contributed by atoms with Gasteiger partial charge in [-0.2, -0.15) is 0 Å². The average molecular weight is 447 g/mol. The molecule has 0 radical (unpaired) electrons. The number of nitrogens with zero attached hydrogens (tertiary/aromatic N) is 3. The quantitative estimate of drug-likeness (QED) is 0.470. The van der Waals surface area contributed by atoms with Gasteiger partial charge in [0.1, 0.15) is 0 Å². The van der Waals surface area contributed by atoms with Crippen LogP contribution in [0.5, 0.6) is 0 Å². The summed E-state index contributed by atoms with van der Waals surface area (Å²) in [5.41, 5.74) is 2.62. The third-order valence-electron chi connectivity index (χ3n) is 5.70. The van der Waals surface area contributed by atoms with E-state index in [4.69, 9.17) is 0 Å². The van der Waals surface area contributed by atoms with E-state index in [0.29, 0.717) is 23.5 Å². The van der Waals surface area contributed by atoms with Gasteiger partial charge in [0.15, 0.2) is 0 Å². The first-order chi connectivity index (χ1) is 15.6. The maximum Gasteiger partial charge on any atom is 0.265 e. The number of amides is 1. The molecule has 0 fully saturated rings. The molecule has 32 heavy (non-hydrogen) atoms. The molecule has 1 amide bonds. The Labute approximate surface area is 186 Å². The molecular weight excluding hydrogens is 424 g/mol. The van der Waals surface area contributed by atoms with Crippen molar-refractivity contribution in [2.24, 2.45) is 0 Å². The van der Waals surface area contributed by atoms with Crippen molar-refractivity contribution in [3.63, 3.8) is 0 Å². The van der Waals surface area contributed by atoms with Crippen LogP contribution < -0.4 is 9.62 Å². The Bertz CT molecular complexity index is 1390. The number of sulfonamides is 1. The van der Waals surface area contributed by atoms with Gasteiger partial charge in [0.25, 0.3) is 10.0 Å². The zero-order valence-electron chi connectivity index (χ0n) is 17.3. The predicted octanol–water partition coefficient (Wildman–Crippen LogP) is 3.63. The van der Waals surface area contributed by atoms with E-state index in [1.165, 1.54) is 4.31 Å². The molecule has 0 spiro atoms. The van der Waals surface area contributed by atoms with Gasteiger partial charge < -0.3 is 9.88 Å². The summed E-state index contributed by atoms with van der Waals surface area (Å²) in [6.45, 7) is 0.648. The monoisotopic (exact) mass is 446 g/mol. The first kappa shape index (κ1) is 20.3. The topological polar surface area (TPSA) is 84.3 Å². The Kier molecular flexibility index (Phi) is 5.14. The number of anilines is 1. The van der Waals surface area contributed by atoms with E-state index in [1.54, 1.807) is 24.7 Å². The molecular formula is C24H22N4O3S. The SMILES string of the molecule is O=C(CCCN1c2cccc3cccc(c23)S1(=O)=O)NCc1ccccc1-n1ccnc1. The van der Waals surface area contributed by atoms with Crippen LogP contribution in [0.25, 0.3) is 16.5 Å². The van der Waals surface area contributed by atoms with Gasteiger partial charge in [-0.3, -0.25) is 9.10 Å². The van der Waals surface area contributed by atoms with E-state index in [0.717, 1.165) is 22.0 Å². The molecule has 0 saturated carbocycles. The molecule has 1 aliphatic rings. The Morgan fingerprint density at radius 3 is 2.56 bits per heavy atom. The van der Waals surface area contributed by atoms with Gasteiger partial charge in [-0.15, -0.1) is 0 Å². The van der Waals surface area contributed by atoms with E-state index in [1.807, 2.05) is 59.3 Å². The zero-order chi connectivity index (χ0) is 22.1. The number of benzene rings is 3. The molecule has 0 bridgehead atoms. The number of rotatable bonds is 7. The Hall–Kier alpha value is -3.65. The number of hydrogen-bond acceptors (Lipinski definition) is 4. The average Bonchev–Trinajstić information content (AvgIpc) is 3.41. The van der Waals surface area contributed by atoms with Crippen LogP contribution in [0.15, 0.2) is 84.3 Å². The highest BCUT2D eigenvalue weighted by Gasteiger charge is 2.35. The normalized spacial score (nSPS) is 14.1. The van der Waals surface area contributed by atoms with Gasteiger partial charge in [-0.05, 0) is 35.6 Å². The van der Waals surface area contributed by atoms with Crippen LogP contribution in [0, 0.1) is 0 Å². The minimum absolute atomic E-state index is 0.113. The number of nitrogens with one attached hydrogen (secondary N) is 1. The summed E-state index contributed by atoms with van der Waals surface area (Å²) < 4.78 is 29.4. The first-order valence-electron chi connectivity index (χ1n) is 10.4. The standard InChI is InChI=1S/C24H22N4O3S/c29-23(26-16-19-6-1-2-9-20(19)27-15-13-25-17-27)12-5-14-28-21-10-3-7-18-8-4-11-22(24(18)21)32(28,30)31/h1-4,6-11,13,15,17H,5,12,14,16H2,(H,26,29). The van der Waals surface area contributed by atoms with E-state index in [2.05, 4.69) is 10.3 Å². The predicted molar refractivity (Wildman–Crippen MR) is 123 cm³/mol. The highest BCUT2D eigenvalue weighted by molar-refractivity contribution is 7.93. The van der Waals surface area contributed by atoms with E-state index >= 15 is 0 Å². The lowest BCUT2D eigenvalue weighted by atomic mass is 10.1. The van der Waals surface area contributed by atoms with E-state index in [-0.39, 0.29) is 18.9 Å². The van der Waals surface area contributed by atoms with Crippen molar-refractivity contribution in [2.45, 2.75) is 24.3 Å². The second-order valence-corrected chi connectivity index (χ2v) is 9.52. The minimum Gasteiger partial charge on any atom is -0.352 e. The number of carbonyl (C=O) groups is 1. The summed E-state index contributed by atoms with van der Waals surface area (Å²) in [6.07, 6.45) is 5.95. The lowest BCUT2D eigenvalue weighted by Gasteiger charge is -2.18. The molecule has 0 saturated heterocycles. The number of aromatic nitrogens is 2. The third kappa shape index (κ3) is 3.52. The number of carbonyl (C=O) groups excluding carboxylic acids is 1. The lowest BCUT2D eigenvalue weighted by Crippen LogP contribution is -2.30. The maximum atomic E-state index is 13.0. The number of para-hydroxylation sites is 1. The molecule has 5 rings (SSSR count). The van der Waals surface area contributed by atoms with Crippen molar-refractivity contribution in [2.75, 3.05) is 10.8 Å². The summed E-state index contributed by atoms with van der Waals surface area (Å²) in [6, 6.07) is 18.7. The van der Waals surface area contributed by atoms with Crippen molar-refractivity contribution in [3.05, 3.63) is 84.9 Å². The zero-order valence-corrected chi connectivity index (χ0v) is 18.1. The molecule has 7 nitrogen and oxygen atoms in total. The van der Waals surface area contributed by atoms with Gasteiger partial charge in [-0.1, -0.05) is 42.5 Å². The van der Waals surface area contributed by atoms with Gasteiger partial charge in [0.2, 0.25) is 5.91 Å². The largest absolute Gasteiger partial charge is 0.352 e. The van der Waals surface area contributed by atoms with Crippen LogP contribution in [0.4, 0.5) is 5.69 Å². The van der Waals surface area contributed by atoms with Crippen LogP contribution in [-0.4, -0.2) is 30.4 Å². The van der Waals surface area contributed by atoms with Crippen LogP contribution in [-0.2, 0) is 21.4 Å². The van der Waals surface area contributed by atoms with E-state index in [9.17, 15) is 13.2 Å². The Balaban J connectivity index is 1.22.